The van der Waals surface area contributed by atoms with E-state index >= 15 is 0 Å². The van der Waals surface area contributed by atoms with E-state index in [1.165, 1.54) is 0 Å². The minimum atomic E-state index is -0.128. The molecule has 0 bridgehead atoms. The van der Waals surface area contributed by atoms with E-state index in [4.69, 9.17) is 5.11 Å². The molecular formula is C18H19NO2. The van der Waals surface area contributed by atoms with E-state index in [0.717, 1.165) is 16.8 Å². The summed E-state index contributed by atoms with van der Waals surface area (Å²) in [6.45, 7) is 2.09. The first-order valence-corrected chi connectivity index (χ1v) is 6.97. The van der Waals surface area contributed by atoms with Crippen LogP contribution in [0.1, 0.15) is 28.4 Å². The summed E-state index contributed by atoms with van der Waals surface area (Å²) in [5, 5.41) is 11.7. The molecule has 2 rings (SSSR count). The van der Waals surface area contributed by atoms with Crippen LogP contribution in [0.3, 0.4) is 0 Å². The third-order valence-electron chi connectivity index (χ3n) is 3.14. The molecule has 108 valence electrons. The third kappa shape index (κ3) is 4.29. The first-order valence-electron chi connectivity index (χ1n) is 6.97. The molecule has 0 aliphatic heterocycles. The van der Waals surface area contributed by atoms with Crippen LogP contribution in [-0.2, 0) is 6.42 Å². The molecule has 0 aliphatic rings. The molecule has 0 atom stereocenters. The lowest BCUT2D eigenvalue weighted by molar-refractivity contribution is 0.102. The van der Waals surface area contributed by atoms with Gasteiger partial charge in [-0.1, -0.05) is 36.4 Å². The highest BCUT2D eigenvalue weighted by atomic mass is 16.2. The van der Waals surface area contributed by atoms with E-state index in [2.05, 4.69) is 5.32 Å². The van der Waals surface area contributed by atoms with Gasteiger partial charge < -0.3 is 10.4 Å². The lowest BCUT2D eigenvalue weighted by Gasteiger charge is -2.06. The fourth-order valence-electron chi connectivity index (χ4n) is 2.03. The fraction of sp³-hybridized carbons (Fsp3) is 0.167. The number of hydrogen-bond donors (Lipinski definition) is 2. The number of anilines is 1. The Morgan fingerprint density at radius 1 is 1.10 bits per heavy atom. The van der Waals surface area contributed by atoms with Crippen LogP contribution >= 0.6 is 0 Å². The second kappa shape index (κ2) is 7.41. The highest BCUT2D eigenvalue weighted by molar-refractivity contribution is 6.04. The van der Waals surface area contributed by atoms with Crippen LogP contribution in [0.4, 0.5) is 5.69 Å². The first-order chi connectivity index (χ1) is 10.2. The summed E-state index contributed by atoms with van der Waals surface area (Å²) in [6.07, 6.45) is 4.57. The standard InChI is InChI=1S/C18H19NO2/c1-2-3-14-4-8-16(9-5-14)18(21)19-17-10-6-15(7-11-17)12-13-20/h2-11,20H,12-13H2,1H3,(H,19,21)/b3-2+. The second-order valence-corrected chi connectivity index (χ2v) is 4.75. The number of allylic oxidation sites excluding steroid dienone is 1. The summed E-state index contributed by atoms with van der Waals surface area (Å²) >= 11 is 0. The minimum absolute atomic E-state index is 0.128. The molecule has 3 nitrogen and oxygen atoms in total. The van der Waals surface area contributed by atoms with Gasteiger partial charge in [0.1, 0.15) is 0 Å². The van der Waals surface area contributed by atoms with Gasteiger partial charge in [0.15, 0.2) is 0 Å². The number of aliphatic hydroxyl groups excluding tert-OH is 1. The summed E-state index contributed by atoms with van der Waals surface area (Å²) in [4.78, 5) is 12.1. The number of rotatable bonds is 5. The quantitative estimate of drug-likeness (QED) is 0.881. The molecule has 3 heteroatoms. The van der Waals surface area contributed by atoms with Gasteiger partial charge in [0.2, 0.25) is 0 Å². The topological polar surface area (TPSA) is 49.3 Å². The highest BCUT2D eigenvalue weighted by Gasteiger charge is 2.05. The maximum absolute atomic E-state index is 12.1. The number of aliphatic hydroxyl groups is 1. The summed E-state index contributed by atoms with van der Waals surface area (Å²) in [6, 6.07) is 14.9. The normalized spacial score (nSPS) is 10.8. The smallest absolute Gasteiger partial charge is 0.255 e. The van der Waals surface area contributed by atoms with Gasteiger partial charge in [-0.3, -0.25) is 4.79 Å². The van der Waals surface area contributed by atoms with Crippen molar-refractivity contribution < 1.29 is 9.90 Å². The van der Waals surface area contributed by atoms with E-state index in [1.807, 2.05) is 67.6 Å². The van der Waals surface area contributed by atoms with E-state index < -0.39 is 0 Å². The number of amides is 1. The van der Waals surface area contributed by atoms with Crippen molar-refractivity contribution in [2.75, 3.05) is 11.9 Å². The highest BCUT2D eigenvalue weighted by Crippen LogP contribution is 2.13. The molecule has 2 N–H and O–H groups in total. The van der Waals surface area contributed by atoms with Crippen LogP contribution in [0.25, 0.3) is 6.08 Å². The molecule has 0 fully saturated rings. The average Bonchev–Trinajstić information content (AvgIpc) is 2.50. The van der Waals surface area contributed by atoms with Crippen molar-refractivity contribution >= 4 is 17.7 Å². The number of benzene rings is 2. The van der Waals surface area contributed by atoms with Crippen LogP contribution in [0.5, 0.6) is 0 Å². The second-order valence-electron chi connectivity index (χ2n) is 4.75. The monoisotopic (exact) mass is 281 g/mol. The SMILES string of the molecule is C/C=C/c1ccc(C(=O)Nc2ccc(CCO)cc2)cc1. The molecule has 0 unspecified atom stereocenters. The zero-order valence-corrected chi connectivity index (χ0v) is 12.0. The molecule has 0 spiro atoms. The Hall–Kier alpha value is -2.39. The zero-order chi connectivity index (χ0) is 15.1. The van der Waals surface area contributed by atoms with Gasteiger partial charge in [0, 0.05) is 17.9 Å². The Kier molecular flexibility index (Phi) is 5.29. The van der Waals surface area contributed by atoms with E-state index in [1.54, 1.807) is 0 Å². The molecule has 1 amide bonds. The van der Waals surface area contributed by atoms with E-state index in [-0.39, 0.29) is 12.5 Å². The van der Waals surface area contributed by atoms with Gasteiger partial charge in [-0.05, 0) is 48.7 Å². The Labute approximate surface area is 124 Å². The molecule has 21 heavy (non-hydrogen) atoms. The van der Waals surface area contributed by atoms with Crippen molar-refractivity contribution in [1.82, 2.24) is 0 Å². The molecule has 0 aromatic heterocycles. The van der Waals surface area contributed by atoms with Crippen LogP contribution in [0.2, 0.25) is 0 Å². The number of carbonyl (C=O) groups excluding carboxylic acids is 1. The molecule has 0 saturated heterocycles. The van der Waals surface area contributed by atoms with Gasteiger partial charge >= 0.3 is 0 Å². The maximum Gasteiger partial charge on any atom is 0.255 e. The summed E-state index contributed by atoms with van der Waals surface area (Å²) in [7, 11) is 0. The van der Waals surface area contributed by atoms with Gasteiger partial charge in [-0.25, -0.2) is 0 Å². The molecule has 2 aromatic carbocycles. The van der Waals surface area contributed by atoms with Crippen LogP contribution < -0.4 is 5.32 Å². The van der Waals surface area contributed by atoms with Crippen LogP contribution in [-0.4, -0.2) is 17.6 Å². The molecule has 2 aromatic rings. The average molecular weight is 281 g/mol. The first kappa shape index (κ1) is 15.0. The summed E-state index contributed by atoms with van der Waals surface area (Å²) < 4.78 is 0. The molecule has 0 heterocycles. The number of nitrogens with one attached hydrogen (secondary N) is 1. The van der Waals surface area contributed by atoms with Crippen molar-refractivity contribution in [3.05, 3.63) is 71.3 Å². The lowest BCUT2D eigenvalue weighted by atomic mass is 10.1. The van der Waals surface area contributed by atoms with Crippen molar-refractivity contribution in [1.29, 1.82) is 0 Å². The molecular weight excluding hydrogens is 262 g/mol. The molecule has 0 aliphatic carbocycles. The van der Waals surface area contributed by atoms with Crippen LogP contribution in [0, 0.1) is 0 Å². The predicted molar refractivity (Wildman–Crippen MR) is 86.3 cm³/mol. The van der Waals surface area contributed by atoms with Crippen LogP contribution in [0.15, 0.2) is 54.6 Å². The Bertz CT molecular complexity index is 613. The Morgan fingerprint density at radius 2 is 1.76 bits per heavy atom. The molecule has 0 saturated carbocycles. The van der Waals surface area contributed by atoms with Gasteiger partial charge in [-0.15, -0.1) is 0 Å². The minimum Gasteiger partial charge on any atom is -0.396 e. The summed E-state index contributed by atoms with van der Waals surface area (Å²) in [5.74, 6) is -0.128. The predicted octanol–water partition coefficient (Wildman–Crippen LogP) is 3.51. The maximum atomic E-state index is 12.1. The van der Waals surface area contributed by atoms with Crippen molar-refractivity contribution in [2.24, 2.45) is 0 Å². The van der Waals surface area contributed by atoms with Gasteiger partial charge in [0.25, 0.3) is 5.91 Å². The van der Waals surface area contributed by atoms with Gasteiger partial charge in [0.05, 0.1) is 0 Å². The van der Waals surface area contributed by atoms with Gasteiger partial charge in [-0.2, -0.15) is 0 Å². The lowest BCUT2D eigenvalue weighted by Crippen LogP contribution is -2.11. The largest absolute Gasteiger partial charge is 0.396 e. The number of carbonyl (C=O) groups is 1. The van der Waals surface area contributed by atoms with Crippen molar-refractivity contribution in [3.8, 4) is 0 Å². The Balaban J connectivity index is 2.03. The van der Waals surface area contributed by atoms with Crippen molar-refractivity contribution in [2.45, 2.75) is 13.3 Å². The Morgan fingerprint density at radius 3 is 2.33 bits per heavy atom. The summed E-state index contributed by atoms with van der Waals surface area (Å²) in [5.41, 5.74) is 3.50. The third-order valence-corrected chi connectivity index (χ3v) is 3.14. The van der Waals surface area contributed by atoms with Crippen molar-refractivity contribution in [3.63, 3.8) is 0 Å². The zero-order valence-electron chi connectivity index (χ0n) is 12.0. The van der Waals surface area contributed by atoms with E-state index in [9.17, 15) is 4.79 Å². The number of hydrogen-bond acceptors (Lipinski definition) is 2. The van der Waals surface area contributed by atoms with E-state index in [0.29, 0.717) is 12.0 Å². The molecule has 0 radical (unpaired) electrons. The fourth-order valence-corrected chi connectivity index (χ4v) is 2.03.